The van der Waals surface area contributed by atoms with Gasteiger partial charge in [-0.05, 0) is 6.07 Å². The second kappa shape index (κ2) is 4.54. The van der Waals surface area contributed by atoms with Crippen molar-refractivity contribution in [3.63, 3.8) is 0 Å². The van der Waals surface area contributed by atoms with Gasteiger partial charge in [-0.1, -0.05) is 36.4 Å². The third-order valence-corrected chi connectivity index (χ3v) is 3.37. The molecule has 1 aliphatic heterocycles. The van der Waals surface area contributed by atoms with Gasteiger partial charge in [0.1, 0.15) is 5.82 Å². The molecule has 100 valence electrons. The van der Waals surface area contributed by atoms with Crippen molar-refractivity contribution >= 4 is 17.5 Å². The molecule has 5 heteroatoms. The van der Waals surface area contributed by atoms with Crippen LogP contribution in [0.2, 0.25) is 0 Å². The fourth-order valence-corrected chi connectivity index (χ4v) is 2.31. The number of rotatable bonds is 3. The SMILES string of the molecule is O=C(C[C@]1(O)C(=O)Nc2ncccc21)c1ccccc1. The average molecular weight is 268 g/mol. The summed E-state index contributed by atoms with van der Waals surface area (Å²) in [4.78, 5) is 28.1. The zero-order valence-electron chi connectivity index (χ0n) is 10.5. The van der Waals surface area contributed by atoms with Crippen molar-refractivity contribution in [1.82, 2.24) is 4.98 Å². The molecule has 0 unspecified atom stereocenters. The highest BCUT2D eigenvalue weighted by Crippen LogP contribution is 2.37. The van der Waals surface area contributed by atoms with E-state index in [1.165, 1.54) is 6.20 Å². The second-order valence-electron chi connectivity index (χ2n) is 4.68. The number of aliphatic hydroxyl groups is 1. The van der Waals surface area contributed by atoms with Crippen LogP contribution in [0.4, 0.5) is 5.82 Å². The number of nitrogens with one attached hydrogen (secondary N) is 1. The molecule has 0 saturated carbocycles. The lowest BCUT2D eigenvalue weighted by Crippen LogP contribution is -2.36. The Morgan fingerprint density at radius 2 is 1.95 bits per heavy atom. The summed E-state index contributed by atoms with van der Waals surface area (Å²) >= 11 is 0. The second-order valence-corrected chi connectivity index (χ2v) is 4.68. The van der Waals surface area contributed by atoms with Crippen molar-refractivity contribution < 1.29 is 14.7 Å². The molecule has 2 aromatic rings. The van der Waals surface area contributed by atoms with Crippen LogP contribution in [0.25, 0.3) is 0 Å². The van der Waals surface area contributed by atoms with Crippen LogP contribution in [-0.4, -0.2) is 21.8 Å². The van der Waals surface area contributed by atoms with E-state index in [9.17, 15) is 14.7 Å². The average Bonchev–Trinajstić information content (AvgIpc) is 2.72. The van der Waals surface area contributed by atoms with E-state index in [0.29, 0.717) is 16.9 Å². The predicted molar refractivity (Wildman–Crippen MR) is 72.2 cm³/mol. The maximum Gasteiger partial charge on any atom is 0.262 e. The van der Waals surface area contributed by atoms with Crippen molar-refractivity contribution in [1.29, 1.82) is 0 Å². The molecule has 1 aromatic heterocycles. The maximum atomic E-state index is 12.2. The molecule has 1 aliphatic rings. The topological polar surface area (TPSA) is 79.3 Å². The molecule has 0 saturated heterocycles. The number of hydrogen-bond acceptors (Lipinski definition) is 4. The summed E-state index contributed by atoms with van der Waals surface area (Å²) in [7, 11) is 0. The van der Waals surface area contributed by atoms with Crippen molar-refractivity contribution in [3.05, 3.63) is 59.8 Å². The summed E-state index contributed by atoms with van der Waals surface area (Å²) in [6.07, 6.45) is 1.21. The maximum absolute atomic E-state index is 12.2. The molecule has 1 amide bonds. The summed E-state index contributed by atoms with van der Waals surface area (Å²) in [5.74, 6) is -0.601. The van der Waals surface area contributed by atoms with Gasteiger partial charge in [0.25, 0.3) is 5.91 Å². The predicted octanol–water partition coefficient (Wildman–Crippen LogP) is 1.49. The molecule has 5 nitrogen and oxygen atoms in total. The first-order valence-corrected chi connectivity index (χ1v) is 6.19. The van der Waals surface area contributed by atoms with Gasteiger partial charge in [0.15, 0.2) is 11.4 Å². The summed E-state index contributed by atoms with van der Waals surface area (Å²) in [5, 5.41) is 13.1. The number of fused-ring (bicyclic) bond motifs is 1. The lowest BCUT2D eigenvalue weighted by Gasteiger charge is -2.19. The van der Waals surface area contributed by atoms with Gasteiger partial charge in [0.05, 0.1) is 6.42 Å². The molecule has 0 aliphatic carbocycles. The van der Waals surface area contributed by atoms with Gasteiger partial charge in [0, 0.05) is 17.3 Å². The minimum Gasteiger partial charge on any atom is -0.375 e. The van der Waals surface area contributed by atoms with E-state index in [-0.39, 0.29) is 12.2 Å². The molecule has 2 N–H and O–H groups in total. The summed E-state index contributed by atoms with van der Waals surface area (Å²) in [6.45, 7) is 0. The molecule has 20 heavy (non-hydrogen) atoms. The zero-order chi connectivity index (χ0) is 14.2. The number of carbonyl (C=O) groups excluding carboxylic acids is 2. The van der Waals surface area contributed by atoms with Crippen LogP contribution in [0.3, 0.4) is 0 Å². The Morgan fingerprint density at radius 3 is 2.70 bits per heavy atom. The lowest BCUT2D eigenvalue weighted by molar-refractivity contribution is -0.133. The van der Waals surface area contributed by atoms with Gasteiger partial charge in [0.2, 0.25) is 0 Å². The van der Waals surface area contributed by atoms with Gasteiger partial charge in [-0.15, -0.1) is 0 Å². The Morgan fingerprint density at radius 1 is 1.20 bits per heavy atom. The first kappa shape index (κ1) is 12.5. The number of ketones is 1. The van der Waals surface area contributed by atoms with E-state index in [2.05, 4.69) is 10.3 Å². The minimum absolute atomic E-state index is 0.292. The van der Waals surface area contributed by atoms with Crippen LogP contribution >= 0.6 is 0 Å². The molecule has 1 aromatic carbocycles. The Balaban J connectivity index is 1.94. The number of aromatic nitrogens is 1. The van der Waals surface area contributed by atoms with Gasteiger partial charge in [-0.3, -0.25) is 9.59 Å². The normalized spacial score (nSPS) is 20.4. The van der Waals surface area contributed by atoms with Gasteiger partial charge >= 0.3 is 0 Å². The summed E-state index contributed by atoms with van der Waals surface area (Å²) in [6, 6.07) is 11.8. The van der Waals surface area contributed by atoms with Crippen LogP contribution in [-0.2, 0) is 10.4 Å². The number of pyridine rings is 1. The lowest BCUT2D eigenvalue weighted by atomic mass is 9.89. The first-order chi connectivity index (χ1) is 9.61. The summed E-state index contributed by atoms with van der Waals surface area (Å²) < 4.78 is 0. The molecule has 0 bridgehead atoms. The number of Topliss-reactive ketones (excluding diaryl/α,β-unsaturated/α-hetero) is 1. The summed E-state index contributed by atoms with van der Waals surface area (Å²) in [5.41, 5.74) is -1.04. The fraction of sp³-hybridized carbons (Fsp3) is 0.133. The molecule has 3 rings (SSSR count). The quantitative estimate of drug-likeness (QED) is 0.827. The van der Waals surface area contributed by atoms with E-state index >= 15 is 0 Å². The van der Waals surface area contributed by atoms with E-state index in [4.69, 9.17) is 0 Å². The van der Waals surface area contributed by atoms with E-state index < -0.39 is 11.5 Å². The fourth-order valence-electron chi connectivity index (χ4n) is 2.31. The Kier molecular flexibility index (Phi) is 2.84. The molecule has 0 fully saturated rings. The van der Waals surface area contributed by atoms with Crippen molar-refractivity contribution in [3.8, 4) is 0 Å². The molecule has 0 spiro atoms. The monoisotopic (exact) mass is 268 g/mol. The smallest absolute Gasteiger partial charge is 0.262 e. The Bertz CT molecular complexity index is 685. The number of nitrogens with zero attached hydrogens (tertiary/aromatic N) is 1. The third-order valence-electron chi connectivity index (χ3n) is 3.37. The van der Waals surface area contributed by atoms with E-state index in [1.54, 1.807) is 42.5 Å². The van der Waals surface area contributed by atoms with Gasteiger partial charge in [-0.25, -0.2) is 4.98 Å². The number of anilines is 1. The third kappa shape index (κ3) is 1.88. The van der Waals surface area contributed by atoms with Crippen LogP contribution in [0.1, 0.15) is 22.3 Å². The van der Waals surface area contributed by atoms with E-state index in [1.807, 2.05) is 0 Å². The van der Waals surface area contributed by atoms with Crippen molar-refractivity contribution in [2.24, 2.45) is 0 Å². The molecular formula is C15H12N2O3. The Hall–Kier alpha value is -2.53. The molecule has 2 heterocycles. The number of benzene rings is 1. The number of hydrogen-bond donors (Lipinski definition) is 2. The number of amides is 1. The largest absolute Gasteiger partial charge is 0.375 e. The molecular weight excluding hydrogens is 256 g/mol. The minimum atomic E-state index is -1.85. The van der Waals surface area contributed by atoms with Crippen molar-refractivity contribution in [2.75, 3.05) is 5.32 Å². The van der Waals surface area contributed by atoms with Crippen LogP contribution in [0.5, 0.6) is 0 Å². The van der Waals surface area contributed by atoms with Gasteiger partial charge in [-0.2, -0.15) is 0 Å². The van der Waals surface area contributed by atoms with Crippen LogP contribution in [0, 0.1) is 0 Å². The number of carbonyl (C=O) groups is 2. The highest BCUT2D eigenvalue weighted by atomic mass is 16.3. The zero-order valence-corrected chi connectivity index (χ0v) is 10.5. The molecule has 0 radical (unpaired) electrons. The van der Waals surface area contributed by atoms with Crippen LogP contribution in [0.15, 0.2) is 48.7 Å². The molecule has 1 atom stereocenters. The van der Waals surface area contributed by atoms with Crippen molar-refractivity contribution in [2.45, 2.75) is 12.0 Å². The standard InChI is InChI=1S/C15H12N2O3/c18-12(10-5-2-1-3-6-10)9-15(20)11-7-4-8-16-13(11)17-14(15)19/h1-8,20H,9H2,(H,16,17,19)/t15-/m1/s1. The Labute approximate surface area is 115 Å². The first-order valence-electron chi connectivity index (χ1n) is 6.19. The highest BCUT2D eigenvalue weighted by Gasteiger charge is 2.47. The highest BCUT2D eigenvalue weighted by molar-refractivity contribution is 6.08. The van der Waals surface area contributed by atoms with E-state index in [0.717, 1.165) is 0 Å². The van der Waals surface area contributed by atoms with Gasteiger partial charge < -0.3 is 10.4 Å². The van der Waals surface area contributed by atoms with Crippen LogP contribution < -0.4 is 5.32 Å².